The fourth-order valence-electron chi connectivity index (χ4n) is 6.60. The van der Waals surface area contributed by atoms with Crippen LogP contribution in [-0.2, 0) is 0 Å². The standard InChI is InChI=1S/C44H28N4/c1-3-10-30(11-4-1)42-46-43(31-12-5-2-6-13-31)48-44(47-42)32-19-17-29(18-20-32)33-21-23-38-39-24-22-34(35-14-9-25-45-28-35)27-41(39)37-16-8-7-15-36(37)40(38)26-33/h1-28H. The summed E-state index contributed by atoms with van der Waals surface area (Å²) in [5.41, 5.74) is 7.44. The van der Waals surface area contributed by atoms with E-state index in [1.807, 2.05) is 79.1 Å². The Bertz CT molecular complexity index is 2500. The molecule has 0 amide bonds. The van der Waals surface area contributed by atoms with Gasteiger partial charge in [0.25, 0.3) is 0 Å². The lowest BCUT2D eigenvalue weighted by atomic mass is 9.90. The van der Waals surface area contributed by atoms with Crippen molar-refractivity contribution < 1.29 is 0 Å². The Hall–Kier alpha value is -6.52. The molecule has 0 atom stereocenters. The van der Waals surface area contributed by atoms with Crippen molar-refractivity contribution >= 4 is 32.3 Å². The molecular weight excluding hydrogens is 585 g/mol. The van der Waals surface area contributed by atoms with Gasteiger partial charge in [0, 0.05) is 34.6 Å². The summed E-state index contributed by atoms with van der Waals surface area (Å²) in [6, 6.07) is 55.1. The van der Waals surface area contributed by atoms with Crippen LogP contribution in [0.1, 0.15) is 0 Å². The molecule has 0 aliphatic rings. The van der Waals surface area contributed by atoms with E-state index in [0.29, 0.717) is 17.5 Å². The Morgan fingerprint density at radius 3 is 1.17 bits per heavy atom. The largest absolute Gasteiger partial charge is 0.264 e. The van der Waals surface area contributed by atoms with Crippen LogP contribution in [0, 0.1) is 0 Å². The van der Waals surface area contributed by atoms with E-state index in [2.05, 4.69) is 96.0 Å². The fourth-order valence-corrected chi connectivity index (χ4v) is 6.60. The normalized spacial score (nSPS) is 11.3. The first kappa shape index (κ1) is 27.8. The van der Waals surface area contributed by atoms with Crippen LogP contribution < -0.4 is 0 Å². The number of benzene rings is 7. The van der Waals surface area contributed by atoms with Crippen molar-refractivity contribution in [2.24, 2.45) is 0 Å². The van der Waals surface area contributed by atoms with Crippen LogP contribution in [0.2, 0.25) is 0 Å². The molecule has 4 nitrogen and oxygen atoms in total. The molecule has 0 unspecified atom stereocenters. The average Bonchev–Trinajstić information content (AvgIpc) is 3.18. The molecule has 0 saturated carbocycles. The van der Waals surface area contributed by atoms with Crippen LogP contribution in [0.3, 0.4) is 0 Å². The molecule has 0 saturated heterocycles. The first-order chi connectivity index (χ1) is 23.8. The van der Waals surface area contributed by atoms with Gasteiger partial charge in [-0.05, 0) is 67.2 Å². The first-order valence-electron chi connectivity index (χ1n) is 16.0. The molecule has 0 spiro atoms. The number of hydrogen-bond donors (Lipinski definition) is 0. The summed E-state index contributed by atoms with van der Waals surface area (Å²) in [6.45, 7) is 0. The van der Waals surface area contributed by atoms with Crippen LogP contribution in [0.4, 0.5) is 0 Å². The van der Waals surface area contributed by atoms with Gasteiger partial charge in [-0.25, -0.2) is 15.0 Å². The first-order valence-corrected chi connectivity index (χ1v) is 16.0. The summed E-state index contributed by atoms with van der Waals surface area (Å²) >= 11 is 0. The summed E-state index contributed by atoms with van der Waals surface area (Å²) < 4.78 is 0. The van der Waals surface area contributed by atoms with Gasteiger partial charge in [-0.3, -0.25) is 4.98 Å². The van der Waals surface area contributed by atoms with Crippen molar-refractivity contribution in [2.45, 2.75) is 0 Å². The third-order valence-corrected chi connectivity index (χ3v) is 9.01. The zero-order valence-electron chi connectivity index (χ0n) is 26.0. The smallest absolute Gasteiger partial charge is 0.164 e. The maximum Gasteiger partial charge on any atom is 0.164 e. The lowest BCUT2D eigenvalue weighted by Crippen LogP contribution is -2.00. The van der Waals surface area contributed by atoms with Gasteiger partial charge in [-0.1, -0.05) is 140 Å². The average molecular weight is 613 g/mol. The van der Waals surface area contributed by atoms with Crippen molar-refractivity contribution in [3.05, 3.63) is 170 Å². The highest BCUT2D eigenvalue weighted by Crippen LogP contribution is 2.39. The van der Waals surface area contributed by atoms with Crippen LogP contribution in [0.15, 0.2) is 170 Å². The van der Waals surface area contributed by atoms with E-state index in [1.165, 1.54) is 37.9 Å². The SMILES string of the molecule is c1ccc(-c2nc(-c3ccccc3)nc(-c3ccc(-c4ccc5c6ccc(-c7cccnc7)cc6c6ccccc6c5c4)cc3)n2)cc1. The second-order valence-corrected chi connectivity index (χ2v) is 11.9. The van der Waals surface area contributed by atoms with Gasteiger partial charge < -0.3 is 0 Å². The lowest BCUT2D eigenvalue weighted by molar-refractivity contribution is 1.07. The molecule has 0 aliphatic carbocycles. The Kier molecular flexibility index (Phi) is 6.76. The highest BCUT2D eigenvalue weighted by Gasteiger charge is 2.14. The fraction of sp³-hybridized carbons (Fsp3) is 0. The van der Waals surface area contributed by atoms with E-state index in [0.717, 1.165) is 33.4 Å². The Labute approximate surface area is 278 Å². The number of pyridine rings is 1. The van der Waals surface area contributed by atoms with Crippen LogP contribution in [0.5, 0.6) is 0 Å². The van der Waals surface area contributed by atoms with Gasteiger partial charge in [0.2, 0.25) is 0 Å². The predicted molar refractivity (Wildman–Crippen MR) is 197 cm³/mol. The van der Waals surface area contributed by atoms with Crippen molar-refractivity contribution in [3.8, 4) is 56.4 Å². The summed E-state index contributed by atoms with van der Waals surface area (Å²) in [6.07, 6.45) is 3.74. The van der Waals surface area contributed by atoms with Crippen molar-refractivity contribution in [1.82, 2.24) is 19.9 Å². The second kappa shape index (κ2) is 11.7. The van der Waals surface area contributed by atoms with Gasteiger partial charge >= 0.3 is 0 Å². The number of nitrogens with zero attached hydrogens (tertiary/aromatic N) is 4. The molecule has 2 heterocycles. The minimum Gasteiger partial charge on any atom is -0.264 e. The zero-order chi connectivity index (χ0) is 31.9. The Morgan fingerprint density at radius 1 is 0.271 bits per heavy atom. The predicted octanol–water partition coefficient (Wildman–Crippen LogP) is 11.1. The maximum absolute atomic E-state index is 4.91. The van der Waals surface area contributed by atoms with Crippen LogP contribution >= 0.6 is 0 Å². The summed E-state index contributed by atoms with van der Waals surface area (Å²) in [4.78, 5) is 19.0. The molecule has 0 aliphatic heterocycles. The van der Waals surface area contributed by atoms with Crippen molar-refractivity contribution in [2.75, 3.05) is 0 Å². The molecule has 224 valence electrons. The lowest BCUT2D eigenvalue weighted by Gasteiger charge is -2.13. The number of rotatable bonds is 5. The number of fused-ring (bicyclic) bond motifs is 6. The highest BCUT2D eigenvalue weighted by atomic mass is 15.0. The molecule has 48 heavy (non-hydrogen) atoms. The summed E-state index contributed by atoms with van der Waals surface area (Å²) in [5, 5.41) is 7.47. The molecule has 0 bridgehead atoms. The van der Waals surface area contributed by atoms with Gasteiger partial charge in [0.1, 0.15) is 0 Å². The van der Waals surface area contributed by atoms with Crippen LogP contribution in [-0.4, -0.2) is 19.9 Å². The van der Waals surface area contributed by atoms with Gasteiger partial charge in [0.15, 0.2) is 17.5 Å². The van der Waals surface area contributed by atoms with E-state index in [-0.39, 0.29) is 0 Å². The molecule has 2 aromatic heterocycles. The third-order valence-electron chi connectivity index (χ3n) is 9.01. The van der Waals surface area contributed by atoms with Crippen molar-refractivity contribution in [3.63, 3.8) is 0 Å². The minimum absolute atomic E-state index is 0.649. The van der Waals surface area contributed by atoms with Gasteiger partial charge in [-0.2, -0.15) is 0 Å². The van der Waals surface area contributed by atoms with Gasteiger partial charge in [-0.15, -0.1) is 0 Å². The Balaban J connectivity index is 1.13. The molecular formula is C44H28N4. The molecule has 0 radical (unpaired) electrons. The maximum atomic E-state index is 4.91. The van der Waals surface area contributed by atoms with Crippen molar-refractivity contribution in [1.29, 1.82) is 0 Å². The topological polar surface area (TPSA) is 51.6 Å². The number of hydrogen-bond acceptors (Lipinski definition) is 4. The van der Waals surface area contributed by atoms with E-state index < -0.39 is 0 Å². The summed E-state index contributed by atoms with van der Waals surface area (Å²) in [7, 11) is 0. The van der Waals surface area contributed by atoms with Crippen LogP contribution in [0.25, 0.3) is 88.7 Å². The zero-order valence-corrected chi connectivity index (χ0v) is 26.0. The van der Waals surface area contributed by atoms with E-state index in [1.54, 1.807) is 0 Å². The molecule has 9 rings (SSSR count). The van der Waals surface area contributed by atoms with E-state index in [9.17, 15) is 0 Å². The summed E-state index contributed by atoms with van der Waals surface area (Å²) in [5.74, 6) is 1.96. The highest BCUT2D eigenvalue weighted by molar-refractivity contribution is 6.26. The van der Waals surface area contributed by atoms with E-state index in [4.69, 9.17) is 15.0 Å². The third kappa shape index (κ3) is 4.97. The minimum atomic E-state index is 0.649. The molecule has 4 heteroatoms. The van der Waals surface area contributed by atoms with E-state index >= 15 is 0 Å². The number of aromatic nitrogens is 4. The molecule has 7 aromatic carbocycles. The monoisotopic (exact) mass is 612 g/mol. The molecule has 0 fully saturated rings. The van der Waals surface area contributed by atoms with Gasteiger partial charge in [0.05, 0.1) is 0 Å². The Morgan fingerprint density at radius 2 is 0.667 bits per heavy atom. The quantitative estimate of drug-likeness (QED) is 0.181. The second-order valence-electron chi connectivity index (χ2n) is 11.9. The molecule has 9 aromatic rings. The molecule has 0 N–H and O–H groups in total.